The fourth-order valence-corrected chi connectivity index (χ4v) is 3.61. The summed E-state index contributed by atoms with van der Waals surface area (Å²) < 4.78 is 5.20. The first kappa shape index (κ1) is 23.9. The lowest BCUT2D eigenvalue weighted by molar-refractivity contribution is -0.128. The van der Waals surface area contributed by atoms with Gasteiger partial charge in [-0.25, -0.2) is 9.78 Å². The molecule has 3 rings (SSSR count). The third kappa shape index (κ3) is 8.04. The molecule has 0 aliphatic rings. The van der Waals surface area contributed by atoms with Crippen molar-refractivity contribution in [3.8, 4) is 11.3 Å². The van der Waals surface area contributed by atoms with Gasteiger partial charge in [0.15, 0.2) is 0 Å². The van der Waals surface area contributed by atoms with Crippen LogP contribution in [0, 0.1) is 0 Å². The van der Waals surface area contributed by atoms with Crippen LogP contribution in [-0.2, 0) is 27.2 Å². The zero-order valence-corrected chi connectivity index (χ0v) is 19.5. The predicted octanol–water partition coefficient (Wildman–Crippen LogP) is 4.09. The van der Waals surface area contributed by atoms with E-state index in [0.717, 1.165) is 16.8 Å². The molecule has 1 aromatic heterocycles. The van der Waals surface area contributed by atoms with Gasteiger partial charge in [-0.1, -0.05) is 42.5 Å². The number of rotatable bonds is 6. The maximum absolute atomic E-state index is 12.2. The average molecular weight is 467 g/mol. The number of thiazole rings is 1. The van der Waals surface area contributed by atoms with Crippen molar-refractivity contribution in [3.05, 3.63) is 70.5 Å². The second kappa shape index (κ2) is 10.7. The first-order chi connectivity index (χ1) is 15.7. The Morgan fingerprint density at radius 3 is 2.18 bits per heavy atom. The number of anilines is 1. The summed E-state index contributed by atoms with van der Waals surface area (Å²) in [5, 5.41) is 5.19. The minimum Gasteiger partial charge on any atom is -0.444 e. The smallest absolute Gasteiger partial charge is 0.412 e. The Bertz CT molecular complexity index is 1110. The molecule has 8 nitrogen and oxygen atoms in total. The summed E-state index contributed by atoms with van der Waals surface area (Å²) >= 11 is 1.39. The highest BCUT2D eigenvalue weighted by Crippen LogP contribution is 2.21. The highest BCUT2D eigenvalue weighted by Gasteiger charge is 2.16. The van der Waals surface area contributed by atoms with E-state index in [4.69, 9.17) is 4.74 Å². The molecular formula is C24H26N4O4S. The Morgan fingerprint density at radius 2 is 1.55 bits per heavy atom. The maximum Gasteiger partial charge on any atom is 0.412 e. The van der Waals surface area contributed by atoms with Gasteiger partial charge in [-0.05, 0) is 38.5 Å². The number of carbonyl (C=O) groups excluding carboxylic acids is 3. The van der Waals surface area contributed by atoms with E-state index in [0.29, 0.717) is 10.7 Å². The second-order valence-corrected chi connectivity index (χ2v) is 9.21. The van der Waals surface area contributed by atoms with Gasteiger partial charge in [0.2, 0.25) is 11.8 Å². The quantitative estimate of drug-likeness (QED) is 0.474. The van der Waals surface area contributed by atoms with E-state index in [1.807, 2.05) is 35.7 Å². The third-order valence-electron chi connectivity index (χ3n) is 4.24. The molecule has 1 heterocycles. The number of ether oxygens (including phenoxy) is 1. The van der Waals surface area contributed by atoms with Gasteiger partial charge in [-0.2, -0.15) is 0 Å². The van der Waals surface area contributed by atoms with Crippen molar-refractivity contribution in [2.45, 2.75) is 39.2 Å². The zero-order valence-electron chi connectivity index (χ0n) is 18.7. The number of carbonyl (C=O) groups is 3. The zero-order chi connectivity index (χ0) is 23.8. The third-order valence-corrected chi connectivity index (χ3v) is 5.09. The number of hydrogen-bond donors (Lipinski definition) is 3. The van der Waals surface area contributed by atoms with Crippen LogP contribution in [0.3, 0.4) is 0 Å². The van der Waals surface area contributed by atoms with Gasteiger partial charge in [0, 0.05) is 16.6 Å². The molecule has 0 unspecified atom stereocenters. The van der Waals surface area contributed by atoms with E-state index < -0.39 is 11.7 Å². The Balaban J connectivity index is 1.42. The molecule has 0 saturated carbocycles. The molecule has 9 heteroatoms. The molecule has 3 N–H and O–H groups in total. The first-order valence-corrected chi connectivity index (χ1v) is 11.2. The van der Waals surface area contributed by atoms with Gasteiger partial charge in [-0.15, -0.1) is 11.3 Å². The number of benzene rings is 2. The molecule has 172 valence electrons. The van der Waals surface area contributed by atoms with Crippen LogP contribution in [0.5, 0.6) is 0 Å². The number of amides is 3. The highest BCUT2D eigenvalue weighted by atomic mass is 32.1. The number of aromatic nitrogens is 1. The summed E-state index contributed by atoms with van der Waals surface area (Å²) in [6.45, 7) is 5.35. The van der Waals surface area contributed by atoms with Crippen LogP contribution in [0.4, 0.5) is 10.5 Å². The van der Waals surface area contributed by atoms with Crippen molar-refractivity contribution in [2.75, 3.05) is 5.32 Å². The summed E-state index contributed by atoms with van der Waals surface area (Å²) in [5.41, 5.74) is 7.32. The van der Waals surface area contributed by atoms with Crippen molar-refractivity contribution in [3.63, 3.8) is 0 Å². The van der Waals surface area contributed by atoms with E-state index in [-0.39, 0.29) is 24.7 Å². The molecule has 0 radical (unpaired) electrons. The van der Waals surface area contributed by atoms with E-state index in [1.165, 1.54) is 11.3 Å². The van der Waals surface area contributed by atoms with Crippen LogP contribution >= 0.6 is 11.3 Å². The van der Waals surface area contributed by atoms with Gasteiger partial charge < -0.3 is 4.74 Å². The molecular weight excluding hydrogens is 440 g/mol. The van der Waals surface area contributed by atoms with Gasteiger partial charge in [0.1, 0.15) is 10.6 Å². The largest absolute Gasteiger partial charge is 0.444 e. The second-order valence-electron chi connectivity index (χ2n) is 8.27. The number of nitrogens with zero attached hydrogens (tertiary/aromatic N) is 1. The molecule has 0 saturated heterocycles. The Labute approximate surface area is 196 Å². The van der Waals surface area contributed by atoms with Crippen LogP contribution in [0.15, 0.2) is 60.0 Å². The van der Waals surface area contributed by atoms with Gasteiger partial charge >= 0.3 is 6.09 Å². The predicted molar refractivity (Wildman–Crippen MR) is 128 cm³/mol. The summed E-state index contributed by atoms with van der Waals surface area (Å²) in [6, 6.07) is 16.5. The molecule has 0 bridgehead atoms. The summed E-state index contributed by atoms with van der Waals surface area (Å²) in [6.07, 6.45) is -0.405. The topological polar surface area (TPSA) is 109 Å². The molecule has 2 aromatic carbocycles. The van der Waals surface area contributed by atoms with Crippen LogP contribution in [-0.4, -0.2) is 28.5 Å². The molecule has 0 aliphatic heterocycles. The highest BCUT2D eigenvalue weighted by molar-refractivity contribution is 7.10. The molecule has 3 aromatic rings. The van der Waals surface area contributed by atoms with Crippen LogP contribution in [0.2, 0.25) is 0 Å². The Kier molecular flexibility index (Phi) is 7.78. The number of nitrogens with one attached hydrogen (secondary N) is 3. The van der Waals surface area contributed by atoms with Crippen molar-refractivity contribution >= 4 is 34.9 Å². The molecule has 3 amide bonds. The SMILES string of the molecule is CC(C)(C)OC(=O)Nc1ccc(CC(=O)NNC(=O)Cc2nc(-c3ccccc3)cs2)cc1. The van der Waals surface area contributed by atoms with Gasteiger partial charge in [0.05, 0.1) is 18.5 Å². The minimum absolute atomic E-state index is 0.0718. The van der Waals surface area contributed by atoms with E-state index in [1.54, 1.807) is 45.0 Å². The fraction of sp³-hybridized carbons (Fsp3) is 0.250. The van der Waals surface area contributed by atoms with Crippen molar-refractivity contribution < 1.29 is 19.1 Å². The van der Waals surface area contributed by atoms with Crippen LogP contribution in [0.1, 0.15) is 31.3 Å². The minimum atomic E-state index is -0.587. The van der Waals surface area contributed by atoms with E-state index in [2.05, 4.69) is 21.2 Å². The number of hydrazine groups is 1. The summed E-state index contributed by atoms with van der Waals surface area (Å²) in [7, 11) is 0. The van der Waals surface area contributed by atoms with E-state index in [9.17, 15) is 14.4 Å². The average Bonchev–Trinajstić information content (AvgIpc) is 3.21. The van der Waals surface area contributed by atoms with Crippen molar-refractivity contribution in [2.24, 2.45) is 0 Å². The Morgan fingerprint density at radius 1 is 0.909 bits per heavy atom. The van der Waals surface area contributed by atoms with E-state index >= 15 is 0 Å². The monoisotopic (exact) mass is 466 g/mol. The first-order valence-electron chi connectivity index (χ1n) is 10.3. The Hall–Kier alpha value is -3.72. The number of hydrogen-bond acceptors (Lipinski definition) is 6. The summed E-state index contributed by atoms with van der Waals surface area (Å²) in [4.78, 5) is 40.6. The molecule has 0 spiro atoms. The standard InChI is InChI=1S/C24H26N4O4S/c1-24(2,3)32-23(31)25-18-11-9-16(10-12-18)13-20(29)27-28-21(30)14-22-26-19(15-33-22)17-7-5-4-6-8-17/h4-12,15H,13-14H2,1-3H3,(H,25,31)(H,27,29)(H,28,30). The van der Waals surface area contributed by atoms with Crippen LogP contribution < -0.4 is 16.2 Å². The fourth-order valence-electron chi connectivity index (χ4n) is 2.81. The lowest BCUT2D eigenvalue weighted by Gasteiger charge is -2.19. The molecule has 0 fully saturated rings. The molecule has 0 atom stereocenters. The normalized spacial score (nSPS) is 10.9. The van der Waals surface area contributed by atoms with Crippen molar-refractivity contribution in [1.29, 1.82) is 0 Å². The summed E-state index contributed by atoms with van der Waals surface area (Å²) in [5.74, 6) is -0.713. The molecule has 0 aliphatic carbocycles. The van der Waals surface area contributed by atoms with Gasteiger partial charge in [-0.3, -0.25) is 25.8 Å². The lowest BCUT2D eigenvalue weighted by Crippen LogP contribution is -2.43. The maximum atomic E-state index is 12.2. The van der Waals surface area contributed by atoms with Crippen LogP contribution in [0.25, 0.3) is 11.3 Å². The molecule has 33 heavy (non-hydrogen) atoms. The van der Waals surface area contributed by atoms with Crippen molar-refractivity contribution in [1.82, 2.24) is 15.8 Å². The lowest BCUT2D eigenvalue weighted by atomic mass is 10.1. The van der Waals surface area contributed by atoms with Gasteiger partial charge in [0.25, 0.3) is 0 Å².